The first kappa shape index (κ1) is 17.8. The van der Waals surface area contributed by atoms with E-state index in [-0.39, 0.29) is 5.56 Å². The van der Waals surface area contributed by atoms with Gasteiger partial charge in [-0.15, -0.1) is 4.72 Å². The van der Waals surface area contributed by atoms with Crippen LogP contribution >= 0.6 is 0 Å². The summed E-state index contributed by atoms with van der Waals surface area (Å²) in [6.45, 7) is 4.66. The van der Waals surface area contributed by atoms with E-state index in [4.69, 9.17) is 5.11 Å². The average molecular weight is 323 g/mol. The summed E-state index contributed by atoms with van der Waals surface area (Å²) in [6.07, 6.45) is 0. The van der Waals surface area contributed by atoms with Crippen LogP contribution in [0.3, 0.4) is 0 Å². The minimum Gasteiger partial charge on any atom is -0.598 e. The van der Waals surface area contributed by atoms with Crippen molar-refractivity contribution in [2.24, 2.45) is 0 Å². The molecule has 0 radical (unpaired) electrons. The summed E-state index contributed by atoms with van der Waals surface area (Å²) in [5.41, 5.74) is -0.165. The first-order chi connectivity index (χ1) is 9.46. The van der Waals surface area contributed by atoms with Gasteiger partial charge in [0.05, 0.1) is 0 Å². The zero-order chi connectivity index (χ0) is 16.4. The summed E-state index contributed by atoms with van der Waals surface area (Å²) in [7, 11) is 0. The van der Waals surface area contributed by atoms with Gasteiger partial charge in [0.1, 0.15) is 10.6 Å². The van der Waals surface area contributed by atoms with Gasteiger partial charge in [-0.25, -0.2) is 9.18 Å². The fraction of sp³-hybridized carbons (Fsp3) is 0.462. The lowest BCUT2D eigenvalue weighted by molar-refractivity contribution is -0.168. The maximum atomic E-state index is 13.9. The highest BCUT2D eigenvalue weighted by atomic mass is 32.2. The Hall–Kier alpha value is -1.25. The monoisotopic (exact) mass is 323 g/mol. The van der Waals surface area contributed by atoms with E-state index in [0.717, 1.165) is 24.3 Å². The van der Waals surface area contributed by atoms with Gasteiger partial charge >= 0.3 is 11.9 Å². The fourth-order valence-electron chi connectivity index (χ4n) is 1.41. The molecule has 0 heterocycles. The molecule has 0 aliphatic carbocycles. The van der Waals surface area contributed by atoms with Crippen molar-refractivity contribution in [3.05, 3.63) is 35.6 Å². The van der Waals surface area contributed by atoms with Crippen molar-refractivity contribution in [3.8, 4) is 0 Å². The lowest BCUT2D eigenvalue weighted by atomic mass is 10.0. The van der Waals surface area contributed by atoms with Crippen LogP contribution in [0.25, 0.3) is 0 Å². The zero-order valence-corrected chi connectivity index (χ0v) is 12.5. The Kier molecular flexibility index (Phi) is 5.30. The van der Waals surface area contributed by atoms with E-state index in [1.54, 1.807) is 20.8 Å². The van der Waals surface area contributed by atoms with Crippen LogP contribution in [0.2, 0.25) is 0 Å². The van der Waals surface area contributed by atoms with Gasteiger partial charge in [0, 0.05) is 11.4 Å². The number of carboxylic acid groups (broad SMARTS) is 1. The smallest absolute Gasteiger partial charge is 0.376 e. The topological polar surface area (TPSA) is 72.4 Å². The van der Waals surface area contributed by atoms with Crippen LogP contribution in [0.4, 0.5) is 13.2 Å². The highest BCUT2D eigenvalue weighted by molar-refractivity contribution is 7.90. The van der Waals surface area contributed by atoms with E-state index < -0.39 is 39.9 Å². The van der Waals surface area contributed by atoms with Gasteiger partial charge in [-0.2, -0.15) is 8.78 Å². The molecule has 4 nitrogen and oxygen atoms in total. The second-order valence-electron chi connectivity index (χ2n) is 5.41. The largest absolute Gasteiger partial charge is 0.598 e. The number of hydrogen-bond acceptors (Lipinski definition) is 3. The lowest BCUT2D eigenvalue weighted by Gasteiger charge is -2.30. The summed E-state index contributed by atoms with van der Waals surface area (Å²) in [5.74, 6) is -7.19. The average Bonchev–Trinajstić information content (AvgIpc) is 2.35. The number of aliphatic carboxylic acids is 1. The lowest BCUT2D eigenvalue weighted by Crippen LogP contribution is -2.49. The predicted molar refractivity (Wildman–Crippen MR) is 72.8 cm³/mol. The van der Waals surface area contributed by atoms with Crippen LogP contribution in [0.1, 0.15) is 32.4 Å². The molecule has 0 amide bonds. The van der Waals surface area contributed by atoms with Crippen molar-refractivity contribution in [2.75, 3.05) is 0 Å². The molecule has 2 atom stereocenters. The number of nitrogens with one attached hydrogen (secondary N) is 1. The summed E-state index contributed by atoms with van der Waals surface area (Å²) < 4.78 is 53.8. The Morgan fingerprint density at radius 2 is 1.76 bits per heavy atom. The van der Waals surface area contributed by atoms with Crippen molar-refractivity contribution < 1.29 is 27.6 Å². The second kappa shape index (κ2) is 6.25. The molecule has 0 aliphatic heterocycles. The third kappa shape index (κ3) is 4.36. The molecule has 0 saturated carbocycles. The summed E-state index contributed by atoms with van der Waals surface area (Å²) >= 11 is -1.92. The molecule has 8 heteroatoms. The first-order valence-corrected chi connectivity index (χ1v) is 7.16. The summed E-state index contributed by atoms with van der Waals surface area (Å²) in [4.78, 5) is 10.8. The molecule has 0 aromatic heterocycles. The van der Waals surface area contributed by atoms with Crippen molar-refractivity contribution in [2.45, 2.75) is 37.5 Å². The summed E-state index contributed by atoms with van der Waals surface area (Å²) in [5, 5.41) is 8.68. The van der Waals surface area contributed by atoms with E-state index in [0.29, 0.717) is 0 Å². The minimum absolute atomic E-state index is 0.165. The second-order valence-corrected chi connectivity index (χ2v) is 7.41. The molecular weight excluding hydrogens is 307 g/mol. The molecule has 2 N–H and O–H groups in total. The first-order valence-electron chi connectivity index (χ1n) is 6.01. The van der Waals surface area contributed by atoms with Crippen LogP contribution in [-0.4, -0.2) is 26.3 Å². The molecule has 1 rings (SSSR count). The number of benzene rings is 1. The number of hydrogen-bond donors (Lipinski definition) is 2. The Balaban J connectivity index is 3.18. The van der Waals surface area contributed by atoms with Crippen molar-refractivity contribution >= 4 is 17.3 Å². The van der Waals surface area contributed by atoms with Gasteiger partial charge in [-0.1, -0.05) is 12.1 Å². The minimum atomic E-state index is -4.20. The molecule has 0 fully saturated rings. The van der Waals surface area contributed by atoms with E-state index in [1.807, 2.05) is 0 Å². The Morgan fingerprint density at radius 1 is 1.29 bits per heavy atom. The van der Waals surface area contributed by atoms with Crippen LogP contribution in [0.5, 0.6) is 0 Å². The van der Waals surface area contributed by atoms with Gasteiger partial charge < -0.3 is 9.66 Å². The molecule has 0 saturated heterocycles. The maximum absolute atomic E-state index is 13.9. The van der Waals surface area contributed by atoms with E-state index in [9.17, 15) is 22.5 Å². The van der Waals surface area contributed by atoms with Crippen LogP contribution in [-0.2, 0) is 16.2 Å². The maximum Gasteiger partial charge on any atom is 0.376 e. The molecular formula is C13H16F3NO3S. The SMILES string of the molecule is CC(C)(C)[S@+]([O-])NC(c1ccc(F)cc1)C(F)(F)C(=O)O. The summed E-state index contributed by atoms with van der Waals surface area (Å²) in [6, 6.07) is 1.90. The Bertz CT molecular complexity index is 502. The van der Waals surface area contributed by atoms with Gasteiger partial charge in [0.25, 0.3) is 0 Å². The highest BCUT2D eigenvalue weighted by Gasteiger charge is 2.51. The van der Waals surface area contributed by atoms with Crippen molar-refractivity contribution in [1.29, 1.82) is 0 Å². The van der Waals surface area contributed by atoms with Crippen molar-refractivity contribution in [1.82, 2.24) is 4.72 Å². The normalized spacial score (nSPS) is 15.6. The van der Waals surface area contributed by atoms with Gasteiger partial charge in [-0.05, 0) is 38.5 Å². The van der Waals surface area contributed by atoms with Gasteiger partial charge in [0.15, 0.2) is 6.04 Å². The molecule has 1 aromatic rings. The molecule has 1 unspecified atom stereocenters. The molecule has 0 spiro atoms. The third-order valence-electron chi connectivity index (χ3n) is 2.63. The molecule has 21 heavy (non-hydrogen) atoms. The quantitative estimate of drug-likeness (QED) is 0.817. The van der Waals surface area contributed by atoms with Gasteiger partial charge in [0.2, 0.25) is 0 Å². The van der Waals surface area contributed by atoms with E-state index in [2.05, 4.69) is 4.72 Å². The fourth-order valence-corrected chi connectivity index (χ4v) is 2.27. The van der Waals surface area contributed by atoms with Crippen LogP contribution in [0, 0.1) is 5.82 Å². The molecule has 1 aromatic carbocycles. The predicted octanol–water partition coefficient (Wildman–Crippen LogP) is 2.64. The van der Waals surface area contributed by atoms with Crippen molar-refractivity contribution in [3.63, 3.8) is 0 Å². The number of carboxylic acids is 1. The number of carbonyl (C=O) groups is 1. The standard InChI is InChI=1S/C13H16F3NO3S/c1-12(2,3)21(20)17-10(13(15,16)11(18)19)8-4-6-9(14)7-5-8/h4-7,10,17H,1-3H3,(H,18,19)/t10?,21-/m0/s1. The molecule has 118 valence electrons. The number of alkyl halides is 2. The van der Waals surface area contributed by atoms with E-state index >= 15 is 0 Å². The Morgan fingerprint density at radius 3 is 2.14 bits per heavy atom. The number of rotatable bonds is 5. The van der Waals surface area contributed by atoms with Crippen LogP contribution in [0.15, 0.2) is 24.3 Å². The van der Waals surface area contributed by atoms with Crippen LogP contribution < -0.4 is 4.72 Å². The molecule has 0 bridgehead atoms. The van der Waals surface area contributed by atoms with Gasteiger partial charge in [-0.3, -0.25) is 0 Å². The zero-order valence-electron chi connectivity index (χ0n) is 11.7. The molecule has 0 aliphatic rings. The van der Waals surface area contributed by atoms with E-state index in [1.165, 1.54) is 0 Å². The Labute approximate surface area is 123 Å². The third-order valence-corrected chi connectivity index (χ3v) is 4.19. The number of halogens is 3. The highest BCUT2D eigenvalue weighted by Crippen LogP contribution is 2.33.